The van der Waals surface area contributed by atoms with Gasteiger partial charge in [0, 0.05) is 24.2 Å². The minimum Gasteiger partial charge on any atom is -0.391 e. The minimum absolute atomic E-state index is 0.152. The van der Waals surface area contributed by atoms with Crippen molar-refractivity contribution in [3.63, 3.8) is 0 Å². The summed E-state index contributed by atoms with van der Waals surface area (Å²) in [7, 11) is 0. The number of hydrogen-bond donors (Lipinski definition) is 3. The molecule has 0 fully saturated rings. The number of aliphatic hydroxyl groups is 1. The number of benzene rings is 3. The molecule has 3 rings (SSSR count). The standard InChI is InChI=1S/C23H21ClN2O3/c24-21-9-5-4-8-20(21)23(29)26-18-12-10-17(11-13-18)22(28)25-15-19(27)14-16-6-2-1-3-7-16/h1-13,19,27H,14-15H2,(H,25,28)(H,26,29). The Morgan fingerprint density at radius 3 is 2.21 bits per heavy atom. The van der Waals surface area contributed by atoms with E-state index in [1.165, 1.54) is 0 Å². The summed E-state index contributed by atoms with van der Waals surface area (Å²) in [5.41, 5.74) is 2.37. The Labute approximate surface area is 174 Å². The molecular weight excluding hydrogens is 388 g/mol. The Balaban J connectivity index is 1.52. The minimum atomic E-state index is -0.671. The first kappa shape index (κ1) is 20.6. The van der Waals surface area contributed by atoms with Crippen LogP contribution in [0.15, 0.2) is 78.9 Å². The molecule has 6 heteroatoms. The molecule has 1 atom stereocenters. The van der Waals surface area contributed by atoms with Crippen molar-refractivity contribution >= 4 is 29.1 Å². The maximum absolute atomic E-state index is 12.3. The molecule has 0 saturated carbocycles. The van der Waals surface area contributed by atoms with E-state index in [2.05, 4.69) is 10.6 Å². The van der Waals surface area contributed by atoms with Gasteiger partial charge >= 0.3 is 0 Å². The van der Waals surface area contributed by atoms with E-state index in [4.69, 9.17) is 11.6 Å². The highest BCUT2D eigenvalue weighted by Gasteiger charge is 2.12. The van der Waals surface area contributed by atoms with Gasteiger partial charge in [-0.1, -0.05) is 54.1 Å². The predicted octanol–water partition coefficient (Wildman–Crippen LogP) is 3.93. The van der Waals surface area contributed by atoms with Gasteiger partial charge in [0.1, 0.15) is 0 Å². The summed E-state index contributed by atoms with van der Waals surface area (Å²) < 4.78 is 0. The number of carbonyl (C=O) groups is 2. The molecule has 1 unspecified atom stereocenters. The number of rotatable bonds is 7. The number of aliphatic hydroxyl groups excluding tert-OH is 1. The molecule has 0 saturated heterocycles. The second-order valence-electron chi connectivity index (χ2n) is 6.56. The van der Waals surface area contributed by atoms with Crippen LogP contribution in [-0.4, -0.2) is 29.6 Å². The molecule has 0 heterocycles. The molecule has 2 amide bonds. The maximum atomic E-state index is 12.3. The fourth-order valence-electron chi connectivity index (χ4n) is 2.82. The van der Waals surface area contributed by atoms with Gasteiger partial charge in [0.15, 0.2) is 0 Å². The predicted molar refractivity (Wildman–Crippen MR) is 114 cm³/mol. The molecule has 3 aromatic rings. The topological polar surface area (TPSA) is 78.4 Å². The van der Waals surface area contributed by atoms with E-state index in [1.807, 2.05) is 30.3 Å². The van der Waals surface area contributed by atoms with Gasteiger partial charge in [-0.15, -0.1) is 0 Å². The number of anilines is 1. The Kier molecular flexibility index (Phi) is 7.00. The summed E-state index contributed by atoms with van der Waals surface area (Å²) in [6, 6.07) is 22.9. The van der Waals surface area contributed by atoms with Crippen LogP contribution in [0, 0.1) is 0 Å². The maximum Gasteiger partial charge on any atom is 0.257 e. The Bertz CT molecular complexity index is 975. The third kappa shape index (κ3) is 5.91. The normalized spacial score (nSPS) is 11.5. The van der Waals surface area contributed by atoms with Crippen LogP contribution in [0.5, 0.6) is 0 Å². The van der Waals surface area contributed by atoms with E-state index >= 15 is 0 Å². The molecule has 0 bridgehead atoms. The highest BCUT2D eigenvalue weighted by atomic mass is 35.5. The van der Waals surface area contributed by atoms with E-state index in [0.29, 0.717) is 28.3 Å². The fourth-order valence-corrected chi connectivity index (χ4v) is 3.04. The van der Waals surface area contributed by atoms with Gasteiger partial charge in [-0.2, -0.15) is 0 Å². The SMILES string of the molecule is O=C(NCC(O)Cc1ccccc1)c1ccc(NC(=O)c2ccccc2Cl)cc1. The molecule has 148 valence electrons. The smallest absolute Gasteiger partial charge is 0.257 e. The molecular formula is C23H21ClN2O3. The molecule has 3 N–H and O–H groups in total. The van der Waals surface area contributed by atoms with Crippen LogP contribution in [0.2, 0.25) is 5.02 Å². The van der Waals surface area contributed by atoms with Crippen LogP contribution in [0.3, 0.4) is 0 Å². The molecule has 5 nitrogen and oxygen atoms in total. The zero-order chi connectivity index (χ0) is 20.6. The van der Waals surface area contributed by atoms with Gasteiger partial charge in [-0.05, 0) is 42.0 Å². The lowest BCUT2D eigenvalue weighted by Gasteiger charge is -2.12. The number of nitrogens with one attached hydrogen (secondary N) is 2. The molecule has 0 aliphatic rings. The number of halogens is 1. The van der Waals surface area contributed by atoms with Crippen molar-refractivity contribution in [3.05, 3.63) is 101 Å². The summed E-state index contributed by atoms with van der Waals surface area (Å²) >= 11 is 6.03. The second kappa shape index (κ2) is 9.87. The van der Waals surface area contributed by atoms with Crippen LogP contribution in [0.1, 0.15) is 26.3 Å². The lowest BCUT2D eigenvalue weighted by molar-refractivity contribution is 0.0915. The summed E-state index contributed by atoms with van der Waals surface area (Å²) in [5, 5.41) is 15.9. The van der Waals surface area contributed by atoms with Crippen molar-refractivity contribution < 1.29 is 14.7 Å². The third-order valence-corrected chi connectivity index (χ3v) is 4.67. The van der Waals surface area contributed by atoms with Crippen LogP contribution in [-0.2, 0) is 6.42 Å². The zero-order valence-electron chi connectivity index (χ0n) is 15.6. The van der Waals surface area contributed by atoms with Crippen LogP contribution >= 0.6 is 11.6 Å². The monoisotopic (exact) mass is 408 g/mol. The van der Waals surface area contributed by atoms with Crippen molar-refractivity contribution in [1.29, 1.82) is 0 Å². The number of amides is 2. The number of hydrogen-bond acceptors (Lipinski definition) is 3. The molecule has 0 radical (unpaired) electrons. The number of carbonyl (C=O) groups excluding carboxylic acids is 2. The van der Waals surface area contributed by atoms with Crippen LogP contribution in [0.25, 0.3) is 0 Å². The Morgan fingerprint density at radius 1 is 0.862 bits per heavy atom. The Hall–Kier alpha value is -3.15. The highest BCUT2D eigenvalue weighted by molar-refractivity contribution is 6.34. The largest absolute Gasteiger partial charge is 0.391 e. The average Bonchev–Trinajstić information content (AvgIpc) is 2.73. The van der Waals surface area contributed by atoms with Gasteiger partial charge in [0.05, 0.1) is 16.7 Å². The molecule has 0 spiro atoms. The lowest BCUT2D eigenvalue weighted by atomic mass is 10.1. The van der Waals surface area contributed by atoms with Crippen molar-refractivity contribution in [1.82, 2.24) is 5.32 Å². The van der Waals surface area contributed by atoms with Gasteiger partial charge < -0.3 is 15.7 Å². The summed E-state index contributed by atoms with van der Waals surface area (Å²) in [6.07, 6.45) is -0.204. The third-order valence-electron chi connectivity index (χ3n) is 4.34. The summed E-state index contributed by atoms with van der Waals surface area (Å²) in [6.45, 7) is 0.152. The van der Waals surface area contributed by atoms with Gasteiger partial charge in [-0.3, -0.25) is 9.59 Å². The van der Waals surface area contributed by atoms with Crippen LogP contribution in [0.4, 0.5) is 5.69 Å². The Morgan fingerprint density at radius 2 is 1.52 bits per heavy atom. The van der Waals surface area contributed by atoms with Crippen molar-refractivity contribution in [2.24, 2.45) is 0 Å². The van der Waals surface area contributed by atoms with E-state index in [-0.39, 0.29) is 18.4 Å². The van der Waals surface area contributed by atoms with E-state index in [0.717, 1.165) is 5.56 Å². The van der Waals surface area contributed by atoms with Gasteiger partial charge in [0.2, 0.25) is 0 Å². The van der Waals surface area contributed by atoms with Gasteiger partial charge in [-0.25, -0.2) is 0 Å². The van der Waals surface area contributed by atoms with E-state index in [9.17, 15) is 14.7 Å². The second-order valence-corrected chi connectivity index (χ2v) is 6.97. The summed E-state index contributed by atoms with van der Waals surface area (Å²) in [4.78, 5) is 24.6. The summed E-state index contributed by atoms with van der Waals surface area (Å²) in [5.74, 6) is -0.613. The van der Waals surface area contributed by atoms with Gasteiger partial charge in [0.25, 0.3) is 11.8 Å². The quantitative estimate of drug-likeness (QED) is 0.554. The first-order valence-corrected chi connectivity index (χ1v) is 9.57. The molecule has 0 aliphatic heterocycles. The molecule has 0 aromatic heterocycles. The average molecular weight is 409 g/mol. The molecule has 0 aliphatic carbocycles. The molecule has 3 aromatic carbocycles. The van der Waals surface area contributed by atoms with Crippen molar-refractivity contribution in [3.8, 4) is 0 Å². The van der Waals surface area contributed by atoms with E-state index < -0.39 is 6.10 Å². The van der Waals surface area contributed by atoms with E-state index in [1.54, 1.807) is 48.5 Å². The first-order chi connectivity index (χ1) is 14.0. The fraction of sp³-hybridized carbons (Fsp3) is 0.130. The first-order valence-electron chi connectivity index (χ1n) is 9.19. The van der Waals surface area contributed by atoms with Crippen molar-refractivity contribution in [2.45, 2.75) is 12.5 Å². The van der Waals surface area contributed by atoms with Crippen LogP contribution < -0.4 is 10.6 Å². The molecule has 29 heavy (non-hydrogen) atoms. The van der Waals surface area contributed by atoms with Crippen molar-refractivity contribution in [2.75, 3.05) is 11.9 Å². The highest BCUT2D eigenvalue weighted by Crippen LogP contribution is 2.17. The zero-order valence-corrected chi connectivity index (χ0v) is 16.4. The lowest BCUT2D eigenvalue weighted by Crippen LogP contribution is -2.33.